The van der Waals surface area contributed by atoms with Gasteiger partial charge in [-0.15, -0.1) is 0 Å². The third-order valence-corrected chi connectivity index (χ3v) is 4.94. The highest BCUT2D eigenvalue weighted by molar-refractivity contribution is 7.90. The van der Waals surface area contributed by atoms with Crippen molar-refractivity contribution >= 4 is 27.2 Å². The molecule has 0 bridgehead atoms. The maximum absolute atomic E-state index is 11.7. The Balaban J connectivity index is 5.09. The number of sulfonamides is 1. The van der Waals surface area contributed by atoms with E-state index in [1.165, 1.54) is 0 Å². The van der Waals surface area contributed by atoms with Crippen LogP contribution in [-0.4, -0.2) is 24.2 Å². The van der Waals surface area contributed by atoms with E-state index in [9.17, 15) is 8.42 Å². The van der Waals surface area contributed by atoms with Crippen LogP contribution in [0.4, 0.5) is 0 Å². The zero-order valence-corrected chi connectivity index (χ0v) is 11.3. The molecule has 0 aliphatic heterocycles. The fraction of sp³-hybridized carbons (Fsp3) is 0.889. The summed E-state index contributed by atoms with van der Waals surface area (Å²) in [5.74, 6) is 0. The van der Waals surface area contributed by atoms with E-state index in [0.717, 1.165) is 0 Å². The average Bonchev–Trinajstić information content (AvgIpc) is 2.13. The second kappa shape index (κ2) is 5.23. The third-order valence-electron chi connectivity index (χ3n) is 2.64. The zero-order valence-electron chi connectivity index (χ0n) is 9.70. The van der Waals surface area contributed by atoms with Crippen LogP contribution in [0.2, 0.25) is 0 Å². The SMILES string of the molecule is CCC(CC)(NS(=O)(=O)C(C)C)C(N)=S. The number of hydrogen-bond donors (Lipinski definition) is 2. The first-order valence-electron chi connectivity index (χ1n) is 5.04. The third kappa shape index (κ3) is 3.39. The smallest absolute Gasteiger partial charge is 0.214 e. The Morgan fingerprint density at radius 2 is 1.80 bits per heavy atom. The van der Waals surface area contributed by atoms with Gasteiger partial charge < -0.3 is 5.73 Å². The maximum atomic E-state index is 11.7. The van der Waals surface area contributed by atoms with Crippen LogP contribution in [0.15, 0.2) is 0 Å². The molecule has 0 spiro atoms. The van der Waals surface area contributed by atoms with Gasteiger partial charge in [-0.05, 0) is 26.7 Å². The van der Waals surface area contributed by atoms with Crippen molar-refractivity contribution in [3.63, 3.8) is 0 Å². The summed E-state index contributed by atoms with van der Waals surface area (Å²) in [7, 11) is -3.34. The lowest BCUT2D eigenvalue weighted by Gasteiger charge is -2.32. The first-order valence-corrected chi connectivity index (χ1v) is 7.00. The van der Waals surface area contributed by atoms with E-state index in [0.29, 0.717) is 12.8 Å². The molecule has 0 unspecified atom stereocenters. The molecule has 0 radical (unpaired) electrons. The summed E-state index contributed by atoms with van der Waals surface area (Å²) in [6.07, 6.45) is 1.12. The second-order valence-corrected chi connectivity index (χ2v) is 6.53. The minimum absolute atomic E-state index is 0.205. The highest BCUT2D eigenvalue weighted by Crippen LogP contribution is 2.18. The largest absolute Gasteiger partial charge is 0.392 e. The van der Waals surface area contributed by atoms with Crippen LogP contribution in [0.25, 0.3) is 0 Å². The van der Waals surface area contributed by atoms with Gasteiger partial charge >= 0.3 is 0 Å². The number of thiocarbonyl (C=S) groups is 1. The van der Waals surface area contributed by atoms with E-state index in [1.807, 2.05) is 13.8 Å². The predicted molar refractivity (Wildman–Crippen MR) is 67.3 cm³/mol. The van der Waals surface area contributed by atoms with Crippen molar-refractivity contribution in [2.45, 2.75) is 51.3 Å². The molecule has 0 atom stereocenters. The number of nitrogens with one attached hydrogen (secondary N) is 1. The molecule has 0 aliphatic carbocycles. The molecule has 0 amide bonds. The van der Waals surface area contributed by atoms with Gasteiger partial charge in [0.1, 0.15) is 0 Å². The second-order valence-electron chi connectivity index (χ2n) is 3.85. The summed E-state index contributed by atoms with van der Waals surface area (Å²) in [5.41, 5.74) is 4.83. The fourth-order valence-corrected chi connectivity index (χ4v) is 2.77. The predicted octanol–water partition coefficient (Wildman–Crippen LogP) is 1.16. The van der Waals surface area contributed by atoms with Crippen molar-refractivity contribution in [1.29, 1.82) is 0 Å². The Labute approximate surface area is 97.7 Å². The van der Waals surface area contributed by atoms with Gasteiger partial charge in [-0.2, -0.15) is 0 Å². The fourth-order valence-electron chi connectivity index (χ4n) is 1.18. The van der Waals surface area contributed by atoms with Gasteiger partial charge in [-0.1, -0.05) is 26.1 Å². The molecular formula is C9H20N2O2S2. The molecule has 0 aromatic rings. The first-order chi connectivity index (χ1) is 6.72. The standard InChI is InChI=1S/C9H20N2O2S2/c1-5-9(6-2,8(10)14)11-15(12,13)7(3)4/h7,11H,5-6H2,1-4H3,(H2,10,14). The van der Waals surface area contributed by atoms with E-state index in [-0.39, 0.29) is 4.99 Å². The number of hydrogen-bond acceptors (Lipinski definition) is 3. The summed E-state index contributed by atoms with van der Waals surface area (Å²) in [6.45, 7) is 6.98. The molecule has 3 N–H and O–H groups in total. The lowest BCUT2D eigenvalue weighted by atomic mass is 9.94. The molecule has 4 nitrogen and oxygen atoms in total. The normalized spacial score (nSPS) is 13.1. The highest BCUT2D eigenvalue weighted by Gasteiger charge is 2.35. The van der Waals surface area contributed by atoms with Crippen LogP contribution in [0, 0.1) is 0 Å². The van der Waals surface area contributed by atoms with Crippen molar-refractivity contribution in [1.82, 2.24) is 4.72 Å². The molecule has 0 aromatic carbocycles. The Kier molecular flexibility index (Phi) is 5.16. The molecule has 0 saturated carbocycles. The van der Waals surface area contributed by atoms with Gasteiger partial charge in [0.05, 0.1) is 15.8 Å². The number of rotatable bonds is 6. The molecule has 0 saturated heterocycles. The monoisotopic (exact) mass is 252 g/mol. The highest BCUT2D eigenvalue weighted by atomic mass is 32.2. The summed E-state index contributed by atoms with van der Waals surface area (Å²) >= 11 is 4.93. The maximum Gasteiger partial charge on any atom is 0.214 e. The van der Waals surface area contributed by atoms with Crippen molar-refractivity contribution in [3.8, 4) is 0 Å². The van der Waals surface area contributed by atoms with Crippen molar-refractivity contribution in [2.24, 2.45) is 5.73 Å². The lowest BCUT2D eigenvalue weighted by molar-refractivity contribution is 0.462. The topological polar surface area (TPSA) is 72.2 Å². The van der Waals surface area contributed by atoms with Crippen LogP contribution in [0.1, 0.15) is 40.5 Å². The molecule has 6 heteroatoms. The molecule has 15 heavy (non-hydrogen) atoms. The Hall–Kier alpha value is -0.200. The molecule has 0 rings (SSSR count). The van der Waals surface area contributed by atoms with Gasteiger partial charge in [0.25, 0.3) is 0 Å². The molecule has 0 heterocycles. The van der Waals surface area contributed by atoms with Gasteiger partial charge in [0, 0.05) is 0 Å². The molecular weight excluding hydrogens is 232 g/mol. The number of nitrogens with two attached hydrogens (primary N) is 1. The minimum Gasteiger partial charge on any atom is -0.392 e. The van der Waals surface area contributed by atoms with Gasteiger partial charge in [-0.3, -0.25) is 0 Å². The van der Waals surface area contributed by atoms with E-state index in [2.05, 4.69) is 4.72 Å². The summed E-state index contributed by atoms with van der Waals surface area (Å²) in [4.78, 5) is 0.205. The Bertz CT molecular complexity index is 319. The molecule has 0 fully saturated rings. The summed E-state index contributed by atoms with van der Waals surface area (Å²) in [6, 6.07) is 0. The van der Waals surface area contributed by atoms with E-state index < -0.39 is 20.8 Å². The van der Waals surface area contributed by atoms with Gasteiger partial charge in [0.2, 0.25) is 10.0 Å². The zero-order chi connectivity index (χ0) is 12.3. The first kappa shape index (κ1) is 14.8. The minimum atomic E-state index is -3.34. The Morgan fingerprint density at radius 1 is 1.40 bits per heavy atom. The molecule has 90 valence electrons. The molecule has 0 aromatic heterocycles. The van der Waals surface area contributed by atoms with Crippen LogP contribution in [-0.2, 0) is 10.0 Å². The van der Waals surface area contributed by atoms with Gasteiger partial charge in [-0.25, -0.2) is 13.1 Å². The quantitative estimate of drug-likeness (QED) is 0.696. The van der Waals surface area contributed by atoms with Crippen LogP contribution in [0.3, 0.4) is 0 Å². The average molecular weight is 252 g/mol. The Morgan fingerprint density at radius 3 is 2.00 bits per heavy atom. The lowest BCUT2D eigenvalue weighted by Crippen LogP contribution is -2.57. The van der Waals surface area contributed by atoms with Gasteiger partial charge in [0.15, 0.2) is 0 Å². The van der Waals surface area contributed by atoms with E-state index in [4.69, 9.17) is 18.0 Å². The van der Waals surface area contributed by atoms with Crippen molar-refractivity contribution < 1.29 is 8.42 Å². The van der Waals surface area contributed by atoms with Crippen LogP contribution in [0.5, 0.6) is 0 Å². The van der Waals surface area contributed by atoms with E-state index >= 15 is 0 Å². The van der Waals surface area contributed by atoms with Crippen molar-refractivity contribution in [3.05, 3.63) is 0 Å². The summed E-state index contributed by atoms with van der Waals surface area (Å²) in [5, 5.41) is -0.482. The molecule has 0 aliphatic rings. The van der Waals surface area contributed by atoms with Crippen LogP contribution >= 0.6 is 12.2 Å². The van der Waals surface area contributed by atoms with Crippen molar-refractivity contribution in [2.75, 3.05) is 0 Å². The summed E-state index contributed by atoms with van der Waals surface area (Å²) < 4.78 is 26.1. The van der Waals surface area contributed by atoms with E-state index in [1.54, 1.807) is 13.8 Å². The van der Waals surface area contributed by atoms with Crippen LogP contribution < -0.4 is 10.5 Å².